The first-order valence-electron chi connectivity index (χ1n) is 9.76. The van der Waals surface area contributed by atoms with E-state index in [9.17, 15) is 4.79 Å². The molecule has 2 bridgehead atoms. The number of carbonyl (C=O) groups excluding carboxylic acids is 1. The van der Waals surface area contributed by atoms with Gasteiger partial charge in [0.05, 0.1) is 0 Å². The Hall–Kier alpha value is -0.570. The fraction of sp³-hybridized carbons (Fsp3) is 0.947. The highest BCUT2D eigenvalue weighted by Crippen LogP contribution is 2.43. The van der Waals surface area contributed by atoms with Crippen LogP contribution in [0.4, 0.5) is 0 Å². The maximum Gasteiger partial charge on any atom is 0.222 e. The van der Waals surface area contributed by atoms with E-state index in [0.29, 0.717) is 29.3 Å². The molecular weight excluding hydrogens is 272 g/mol. The Kier molecular flexibility index (Phi) is 4.19. The molecule has 1 N–H and O–H groups in total. The van der Waals surface area contributed by atoms with Crippen LogP contribution in [0.3, 0.4) is 0 Å². The summed E-state index contributed by atoms with van der Waals surface area (Å²) in [6.45, 7) is 2.10. The molecule has 3 heterocycles. The predicted molar refractivity (Wildman–Crippen MR) is 88.6 cm³/mol. The summed E-state index contributed by atoms with van der Waals surface area (Å²) in [5.74, 6) is 1.12. The normalized spacial score (nSPS) is 37.5. The molecule has 2 atom stereocenters. The van der Waals surface area contributed by atoms with Gasteiger partial charge in [0.25, 0.3) is 0 Å². The van der Waals surface area contributed by atoms with E-state index in [4.69, 9.17) is 0 Å². The largest absolute Gasteiger partial charge is 0.342 e. The summed E-state index contributed by atoms with van der Waals surface area (Å²) >= 11 is 0. The zero-order valence-electron chi connectivity index (χ0n) is 14.0. The number of hydrogen-bond donors (Lipinski definition) is 1. The van der Waals surface area contributed by atoms with Gasteiger partial charge in [-0.15, -0.1) is 0 Å². The summed E-state index contributed by atoms with van der Waals surface area (Å²) in [6, 6.07) is 1.42. The Morgan fingerprint density at radius 2 is 1.68 bits per heavy atom. The molecule has 2 unspecified atom stereocenters. The molecule has 4 aliphatic rings. The minimum absolute atomic E-state index is 0.468. The third-order valence-electron chi connectivity index (χ3n) is 6.96. The molecule has 3 heteroatoms. The van der Waals surface area contributed by atoms with Crippen LogP contribution < -0.4 is 5.32 Å². The molecular formula is C19H32N2O. The fourth-order valence-corrected chi connectivity index (χ4v) is 5.85. The summed E-state index contributed by atoms with van der Waals surface area (Å²) in [6.07, 6.45) is 15.5. The predicted octanol–water partition coefficient (Wildman–Crippen LogP) is 3.48. The third-order valence-corrected chi connectivity index (χ3v) is 6.96. The Bertz CT molecular complexity index is 398. The average molecular weight is 304 g/mol. The number of hydrogen-bond acceptors (Lipinski definition) is 2. The van der Waals surface area contributed by atoms with Gasteiger partial charge in [-0.05, 0) is 62.7 Å². The molecule has 1 aliphatic carbocycles. The van der Waals surface area contributed by atoms with E-state index in [0.717, 1.165) is 19.5 Å². The molecule has 0 aromatic rings. The molecule has 4 fully saturated rings. The van der Waals surface area contributed by atoms with Crippen molar-refractivity contribution in [2.75, 3.05) is 13.1 Å². The zero-order chi connectivity index (χ0) is 15.0. The van der Waals surface area contributed by atoms with Crippen LogP contribution in [0.1, 0.15) is 77.0 Å². The van der Waals surface area contributed by atoms with Gasteiger partial charge >= 0.3 is 0 Å². The Labute approximate surface area is 135 Å². The molecule has 1 amide bonds. The molecule has 1 spiro atoms. The minimum atomic E-state index is 0.468. The van der Waals surface area contributed by atoms with E-state index in [-0.39, 0.29) is 0 Å². The number of amides is 1. The van der Waals surface area contributed by atoms with E-state index < -0.39 is 0 Å². The second-order valence-electron chi connectivity index (χ2n) is 8.66. The van der Waals surface area contributed by atoms with Crippen LogP contribution in [0.25, 0.3) is 0 Å². The van der Waals surface area contributed by atoms with Gasteiger partial charge in [-0.3, -0.25) is 4.79 Å². The van der Waals surface area contributed by atoms with Crippen molar-refractivity contribution < 1.29 is 4.79 Å². The molecule has 4 rings (SSSR count). The molecule has 3 nitrogen and oxygen atoms in total. The van der Waals surface area contributed by atoms with Crippen LogP contribution in [0.2, 0.25) is 0 Å². The van der Waals surface area contributed by atoms with E-state index in [1.807, 2.05) is 0 Å². The highest BCUT2D eigenvalue weighted by molar-refractivity contribution is 5.76. The fourth-order valence-electron chi connectivity index (χ4n) is 5.85. The second kappa shape index (κ2) is 6.14. The number of carbonyl (C=O) groups is 1. The van der Waals surface area contributed by atoms with Crippen molar-refractivity contribution in [3.8, 4) is 0 Å². The lowest BCUT2D eigenvalue weighted by molar-refractivity contribution is -0.136. The monoisotopic (exact) mass is 304 g/mol. The first kappa shape index (κ1) is 15.0. The highest BCUT2D eigenvalue weighted by Gasteiger charge is 2.39. The number of likely N-dealkylation sites (tertiary alicyclic amines) is 1. The van der Waals surface area contributed by atoms with Gasteiger partial charge in [-0.1, -0.05) is 19.3 Å². The van der Waals surface area contributed by atoms with Gasteiger partial charge in [0.15, 0.2) is 0 Å². The van der Waals surface area contributed by atoms with Crippen molar-refractivity contribution in [1.29, 1.82) is 0 Å². The van der Waals surface area contributed by atoms with Crippen LogP contribution in [-0.2, 0) is 4.79 Å². The van der Waals surface area contributed by atoms with Crippen molar-refractivity contribution >= 4 is 5.91 Å². The van der Waals surface area contributed by atoms with Crippen LogP contribution in [0.15, 0.2) is 0 Å². The molecule has 0 aromatic carbocycles. The first-order chi connectivity index (χ1) is 10.7. The summed E-state index contributed by atoms with van der Waals surface area (Å²) < 4.78 is 0. The quantitative estimate of drug-likeness (QED) is 0.847. The number of piperidine rings is 2. The maximum absolute atomic E-state index is 12.8. The van der Waals surface area contributed by atoms with Gasteiger partial charge in [0, 0.05) is 31.6 Å². The molecule has 3 saturated heterocycles. The zero-order valence-corrected chi connectivity index (χ0v) is 14.0. The summed E-state index contributed by atoms with van der Waals surface area (Å²) in [5.41, 5.74) is 0.499. The van der Waals surface area contributed by atoms with E-state index >= 15 is 0 Å². The summed E-state index contributed by atoms with van der Waals surface area (Å²) in [5, 5.41) is 3.69. The standard InChI is InChI=1S/C19H32N2O/c22-18(13-15-11-16-5-6-17(12-15)20-16)21-10-4-9-19(14-21)7-2-1-3-8-19/h15-17,20H,1-14H2. The summed E-state index contributed by atoms with van der Waals surface area (Å²) in [4.78, 5) is 15.1. The van der Waals surface area contributed by atoms with Crippen molar-refractivity contribution in [3.05, 3.63) is 0 Å². The molecule has 22 heavy (non-hydrogen) atoms. The van der Waals surface area contributed by atoms with E-state index in [1.165, 1.54) is 70.6 Å². The maximum atomic E-state index is 12.8. The topological polar surface area (TPSA) is 32.3 Å². The number of nitrogens with one attached hydrogen (secondary N) is 1. The van der Waals surface area contributed by atoms with E-state index in [1.54, 1.807) is 0 Å². The van der Waals surface area contributed by atoms with Gasteiger partial charge < -0.3 is 10.2 Å². The minimum Gasteiger partial charge on any atom is -0.342 e. The Balaban J connectivity index is 1.34. The van der Waals surface area contributed by atoms with Crippen molar-refractivity contribution in [3.63, 3.8) is 0 Å². The van der Waals surface area contributed by atoms with Crippen molar-refractivity contribution in [1.82, 2.24) is 10.2 Å². The van der Waals surface area contributed by atoms with Crippen molar-refractivity contribution in [2.24, 2.45) is 11.3 Å². The van der Waals surface area contributed by atoms with Crippen LogP contribution in [-0.4, -0.2) is 36.0 Å². The van der Waals surface area contributed by atoms with Crippen molar-refractivity contribution in [2.45, 2.75) is 89.1 Å². The Morgan fingerprint density at radius 1 is 1.00 bits per heavy atom. The number of fused-ring (bicyclic) bond motifs is 2. The van der Waals surface area contributed by atoms with E-state index in [2.05, 4.69) is 10.2 Å². The average Bonchev–Trinajstić information content (AvgIpc) is 2.87. The SMILES string of the molecule is O=C(CC1CC2CCC(C1)N2)N1CCCC2(CCCCC2)C1. The van der Waals surface area contributed by atoms with Crippen LogP contribution >= 0.6 is 0 Å². The van der Waals surface area contributed by atoms with Gasteiger partial charge in [-0.2, -0.15) is 0 Å². The second-order valence-corrected chi connectivity index (χ2v) is 8.66. The lowest BCUT2D eigenvalue weighted by atomic mass is 9.69. The molecule has 0 radical (unpaired) electrons. The van der Waals surface area contributed by atoms with Crippen LogP contribution in [0, 0.1) is 11.3 Å². The smallest absolute Gasteiger partial charge is 0.222 e. The van der Waals surface area contributed by atoms with Crippen LogP contribution in [0.5, 0.6) is 0 Å². The molecule has 3 aliphatic heterocycles. The first-order valence-corrected chi connectivity index (χ1v) is 9.76. The Morgan fingerprint density at radius 3 is 2.41 bits per heavy atom. The number of nitrogens with zero attached hydrogens (tertiary/aromatic N) is 1. The van der Waals surface area contributed by atoms with Gasteiger partial charge in [-0.25, -0.2) is 0 Å². The highest BCUT2D eigenvalue weighted by atomic mass is 16.2. The molecule has 124 valence electrons. The lowest BCUT2D eigenvalue weighted by Crippen LogP contribution is -2.48. The lowest BCUT2D eigenvalue weighted by Gasteiger charge is -2.45. The molecule has 1 saturated carbocycles. The van der Waals surface area contributed by atoms with Gasteiger partial charge in [0.1, 0.15) is 0 Å². The third kappa shape index (κ3) is 3.06. The number of rotatable bonds is 2. The molecule has 0 aromatic heterocycles. The van der Waals surface area contributed by atoms with Gasteiger partial charge in [0.2, 0.25) is 5.91 Å². The summed E-state index contributed by atoms with van der Waals surface area (Å²) in [7, 11) is 0.